The Morgan fingerprint density at radius 3 is 3.06 bits per heavy atom. The third-order valence-electron chi connectivity index (χ3n) is 4.58. The largest absolute Gasteiger partial charge is 0.458 e. The van der Waals surface area contributed by atoms with Gasteiger partial charge in [0.1, 0.15) is 6.10 Å². The van der Waals surface area contributed by atoms with Gasteiger partial charge in [0.05, 0.1) is 11.7 Å². The van der Waals surface area contributed by atoms with Gasteiger partial charge in [-0.25, -0.2) is 4.79 Å². The normalized spacial score (nSPS) is 46.6. The van der Waals surface area contributed by atoms with Crippen LogP contribution in [0, 0.1) is 5.92 Å². The number of esters is 1. The summed E-state index contributed by atoms with van der Waals surface area (Å²) in [5.41, 5.74) is 1.94. The van der Waals surface area contributed by atoms with Crippen molar-refractivity contribution in [2.24, 2.45) is 5.92 Å². The van der Waals surface area contributed by atoms with Gasteiger partial charge < -0.3 is 9.47 Å². The van der Waals surface area contributed by atoms with Crippen LogP contribution in [0.25, 0.3) is 0 Å². The van der Waals surface area contributed by atoms with Crippen LogP contribution in [0.1, 0.15) is 39.5 Å². The van der Waals surface area contributed by atoms with Crippen LogP contribution in [0.15, 0.2) is 23.8 Å². The second-order valence-corrected chi connectivity index (χ2v) is 6.02. The van der Waals surface area contributed by atoms with Gasteiger partial charge in [0, 0.05) is 17.9 Å². The molecule has 0 bridgehead atoms. The van der Waals surface area contributed by atoms with Gasteiger partial charge in [-0.05, 0) is 33.1 Å². The summed E-state index contributed by atoms with van der Waals surface area (Å²) in [5, 5.41) is 0. The highest BCUT2D eigenvalue weighted by molar-refractivity contribution is 5.90. The fourth-order valence-electron chi connectivity index (χ4n) is 3.19. The molecule has 4 atom stereocenters. The number of epoxide rings is 1. The summed E-state index contributed by atoms with van der Waals surface area (Å²) in [6.45, 7) is 8.17. The third kappa shape index (κ3) is 1.91. The van der Waals surface area contributed by atoms with Gasteiger partial charge in [-0.1, -0.05) is 18.2 Å². The molecule has 3 aliphatic rings. The summed E-state index contributed by atoms with van der Waals surface area (Å²) in [5.74, 6) is -0.0924. The summed E-state index contributed by atoms with van der Waals surface area (Å²) in [6, 6.07) is 0. The standard InChI is InChI=1S/C15H20O3/c1-9-5-4-6-15(3)13(18-15)8-11-10(2)14(16)17-12(11)7-9/h5,11-13H,2,4,6-8H2,1,3H3/b9-5+/t11-,12+,13+,15-/m1/s1. The molecule has 98 valence electrons. The van der Waals surface area contributed by atoms with Crippen molar-refractivity contribution in [1.82, 2.24) is 0 Å². The molecule has 3 rings (SSSR count). The second-order valence-electron chi connectivity index (χ2n) is 6.02. The fraction of sp³-hybridized carbons (Fsp3) is 0.667. The first-order valence-corrected chi connectivity index (χ1v) is 6.73. The molecule has 0 spiro atoms. The van der Waals surface area contributed by atoms with E-state index in [0.717, 1.165) is 25.7 Å². The van der Waals surface area contributed by atoms with Crippen molar-refractivity contribution >= 4 is 5.97 Å². The second kappa shape index (κ2) is 3.95. The van der Waals surface area contributed by atoms with E-state index in [1.54, 1.807) is 0 Å². The number of allylic oxidation sites excluding steroid dienone is 1. The third-order valence-corrected chi connectivity index (χ3v) is 4.58. The molecule has 0 radical (unpaired) electrons. The van der Waals surface area contributed by atoms with Crippen LogP contribution < -0.4 is 0 Å². The Morgan fingerprint density at radius 1 is 1.50 bits per heavy atom. The van der Waals surface area contributed by atoms with Crippen LogP contribution in [-0.4, -0.2) is 23.8 Å². The Kier molecular flexibility index (Phi) is 2.63. The molecule has 2 fully saturated rings. The Morgan fingerprint density at radius 2 is 2.28 bits per heavy atom. The number of hydrogen-bond donors (Lipinski definition) is 0. The van der Waals surface area contributed by atoms with Gasteiger partial charge in [-0.3, -0.25) is 0 Å². The molecule has 2 aliphatic heterocycles. The van der Waals surface area contributed by atoms with Gasteiger partial charge in [-0.15, -0.1) is 0 Å². The smallest absolute Gasteiger partial charge is 0.334 e. The Hall–Kier alpha value is -1.09. The predicted molar refractivity (Wildman–Crippen MR) is 68.0 cm³/mol. The molecule has 3 nitrogen and oxygen atoms in total. The first-order valence-electron chi connectivity index (χ1n) is 6.73. The first-order chi connectivity index (χ1) is 8.49. The van der Waals surface area contributed by atoms with E-state index in [2.05, 4.69) is 26.5 Å². The zero-order chi connectivity index (χ0) is 12.9. The van der Waals surface area contributed by atoms with E-state index in [-0.39, 0.29) is 29.7 Å². The quantitative estimate of drug-likeness (QED) is 0.286. The number of fused-ring (bicyclic) bond motifs is 2. The van der Waals surface area contributed by atoms with Crippen LogP contribution in [0.4, 0.5) is 0 Å². The number of rotatable bonds is 0. The summed E-state index contributed by atoms with van der Waals surface area (Å²) in [6.07, 6.45) is 6.30. The first kappa shape index (κ1) is 12.0. The maximum atomic E-state index is 11.7. The molecule has 0 unspecified atom stereocenters. The highest BCUT2D eigenvalue weighted by Crippen LogP contribution is 2.48. The Labute approximate surface area is 108 Å². The Balaban J connectivity index is 1.86. The summed E-state index contributed by atoms with van der Waals surface area (Å²) in [7, 11) is 0. The minimum Gasteiger partial charge on any atom is -0.458 e. The number of carbonyl (C=O) groups excluding carboxylic acids is 1. The summed E-state index contributed by atoms with van der Waals surface area (Å²) in [4.78, 5) is 11.7. The lowest BCUT2D eigenvalue weighted by molar-refractivity contribution is -0.139. The molecule has 2 saturated heterocycles. The zero-order valence-electron chi connectivity index (χ0n) is 11.1. The van der Waals surface area contributed by atoms with Crippen molar-refractivity contribution < 1.29 is 14.3 Å². The molecule has 0 aromatic carbocycles. The highest BCUT2D eigenvalue weighted by Gasteiger charge is 2.54. The van der Waals surface area contributed by atoms with Gasteiger partial charge in [0.25, 0.3) is 0 Å². The van der Waals surface area contributed by atoms with E-state index in [9.17, 15) is 4.79 Å². The van der Waals surface area contributed by atoms with E-state index in [1.807, 2.05) is 0 Å². The molecule has 1 aliphatic carbocycles. The van der Waals surface area contributed by atoms with Crippen molar-refractivity contribution in [3.8, 4) is 0 Å². The Bertz CT molecular complexity index is 437. The van der Waals surface area contributed by atoms with Crippen molar-refractivity contribution in [3.63, 3.8) is 0 Å². The van der Waals surface area contributed by atoms with Crippen LogP contribution in [0.3, 0.4) is 0 Å². The zero-order valence-corrected chi connectivity index (χ0v) is 11.1. The number of carbonyl (C=O) groups is 1. The average molecular weight is 248 g/mol. The molecule has 0 saturated carbocycles. The highest BCUT2D eigenvalue weighted by atomic mass is 16.6. The molecular weight excluding hydrogens is 228 g/mol. The topological polar surface area (TPSA) is 38.8 Å². The molecule has 0 aromatic heterocycles. The lowest BCUT2D eigenvalue weighted by Gasteiger charge is -2.19. The summed E-state index contributed by atoms with van der Waals surface area (Å²) >= 11 is 0. The van der Waals surface area contributed by atoms with Crippen LogP contribution in [0.2, 0.25) is 0 Å². The number of hydrogen-bond acceptors (Lipinski definition) is 3. The maximum Gasteiger partial charge on any atom is 0.334 e. The lowest BCUT2D eigenvalue weighted by atomic mass is 9.84. The van der Waals surface area contributed by atoms with E-state index in [0.29, 0.717) is 5.57 Å². The molecule has 18 heavy (non-hydrogen) atoms. The maximum absolute atomic E-state index is 11.7. The number of ether oxygens (including phenoxy) is 2. The summed E-state index contributed by atoms with van der Waals surface area (Å²) < 4.78 is 11.3. The van der Waals surface area contributed by atoms with Gasteiger partial charge in [0.2, 0.25) is 0 Å². The monoisotopic (exact) mass is 248 g/mol. The minimum absolute atomic E-state index is 0.00455. The minimum atomic E-state index is -0.223. The van der Waals surface area contributed by atoms with Crippen LogP contribution in [-0.2, 0) is 14.3 Å². The van der Waals surface area contributed by atoms with Crippen molar-refractivity contribution in [2.45, 2.75) is 57.3 Å². The van der Waals surface area contributed by atoms with Crippen LogP contribution >= 0.6 is 0 Å². The van der Waals surface area contributed by atoms with Crippen molar-refractivity contribution in [1.29, 1.82) is 0 Å². The molecule has 3 heteroatoms. The van der Waals surface area contributed by atoms with Gasteiger partial charge in [-0.2, -0.15) is 0 Å². The van der Waals surface area contributed by atoms with E-state index in [1.165, 1.54) is 5.57 Å². The van der Waals surface area contributed by atoms with Gasteiger partial charge in [0.15, 0.2) is 0 Å². The van der Waals surface area contributed by atoms with E-state index < -0.39 is 0 Å². The predicted octanol–water partition coefficient (Wildman–Crippen LogP) is 2.76. The van der Waals surface area contributed by atoms with Crippen molar-refractivity contribution in [3.05, 3.63) is 23.8 Å². The van der Waals surface area contributed by atoms with Crippen LogP contribution in [0.5, 0.6) is 0 Å². The molecule has 0 amide bonds. The average Bonchev–Trinajstić information content (AvgIpc) is 2.86. The molecule has 0 N–H and O–H groups in total. The van der Waals surface area contributed by atoms with E-state index in [4.69, 9.17) is 9.47 Å². The van der Waals surface area contributed by atoms with E-state index >= 15 is 0 Å². The SMILES string of the molecule is C=C1C(=O)O[C@H]2C/C(C)=C/CC[C@@]3(C)O[C@H]3C[C@H]12. The fourth-order valence-corrected chi connectivity index (χ4v) is 3.19. The molecular formula is C15H20O3. The molecule has 0 aromatic rings. The lowest BCUT2D eigenvalue weighted by Crippen LogP contribution is -2.22. The van der Waals surface area contributed by atoms with Gasteiger partial charge >= 0.3 is 5.97 Å². The van der Waals surface area contributed by atoms with Crippen molar-refractivity contribution in [2.75, 3.05) is 0 Å². The molecule has 2 heterocycles.